The number of anilines is 4. The Morgan fingerprint density at radius 3 is 1.73 bits per heavy atom. The van der Waals surface area contributed by atoms with E-state index in [-0.39, 0.29) is 0 Å². The Morgan fingerprint density at radius 2 is 1.25 bits per heavy atom. The lowest BCUT2D eigenvalue weighted by Crippen LogP contribution is -2.29. The molecule has 16 heteroatoms. The fourth-order valence-electron chi connectivity index (χ4n) is 7.45. The first kappa shape index (κ1) is 35.2. The van der Waals surface area contributed by atoms with E-state index in [4.69, 9.17) is 9.97 Å². The molecule has 0 aliphatic carbocycles. The minimum Gasteiger partial charge on any atom is -0.339 e. The van der Waals surface area contributed by atoms with Gasteiger partial charge in [-0.25, -0.2) is 15.0 Å². The summed E-state index contributed by atoms with van der Waals surface area (Å²) in [6.45, 7) is 4.05. The molecule has 2 atom stereocenters. The van der Waals surface area contributed by atoms with E-state index in [2.05, 4.69) is 63.8 Å². The average molecular weight is 749 g/mol. The van der Waals surface area contributed by atoms with Gasteiger partial charge in [0, 0.05) is 98.2 Å². The Morgan fingerprint density at radius 1 is 0.643 bits per heavy atom. The molecule has 56 heavy (non-hydrogen) atoms. The molecule has 0 spiro atoms. The van der Waals surface area contributed by atoms with E-state index in [9.17, 15) is 0 Å². The van der Waals surface area contributed by atoms with Crippen molar-refractivity contribution in [2.24, 2.45) is 14.1 Å². The van der Waals surface area contributed by atoms with Crippen LogP contribution in [0.5, 0.6) is 0 Å². The number of piperidine rings is 2. The molecule has 0 saturated carbocycles. The van der Waals surface area contributed by atoms with Crippen LogP contribution < -0.4 is 21.3 Å². The molecule has 2 fully saturated rings. The highest BCUT2D eigenvalue weighted by atomic mass is 15.3. The highest BCUT2D eigenvalue weighted by Crippen LogP contribution is 2.32. The second-order valence-corrected chi connectivity index (χ2v) is 14.3. The minimum atomic E-state index is 0.389. The third-order valence-corrected chi connectivity index (χ3v) is 10.3. The van der Waals surface area contributed by atoms with Crippen molar-refractivity contribution < 1.29 is 0 Å². The van der Waals surface area contributed by atoms with Gasteiger partial charge in [-0.2, -0.15) is 29.4 Å². The van der Waals surface area contributed by atoms with Crippen molar-refractivity contribution in [3.63, 3.8) is 0 Å². The first-order chi connectivity index (χ1) is 27.6. The maximum Gasteiger partial charge on any atom is 0.165 e. The minimum absolute atomic E-state index is 0.389. The quantitative estimate of drug-likeness (QED) is 0.155. The monoisotopic (exact) mass is 748 g/mol. The van der Waals surface area contributed by atoms with E-state index < -0.39 is 0 Å². The van der Waals surface area contributed by atoms with Crippen molar-refractivity contribution in [1.82, 2.24) is 69.4 Å². The average Bonchev–Trinajstić information content (AvgIpc) is 4.07. The summed E-state index contributed by atoms with van der Waals surface area (Å²) in [7, 11) is 3.83. The summed E-state index contributed by atoms with van der Waals surface area (Å²) < 4.78 is 7.29. The standard InChI is InChI=1S/2C20H22N8/c1-27-13-15(10-23-27)17-12-24-28-19(25-16-5-3-7-22-11-16)8-18(26-20(17)28)14-4-2-6-21-9-14;1-27-13-15(11-23-27)16-12-24-28-19(26-18-6-2-3-8-22-18)9-17(25-20(16)28)14-5-4-7-21-10-14/h3,5,7-8,10-14,21,25H,2,4,6,9H2,1H3;2-3,6,8-9,11-14,21H,4-5,7,10H2,1H3,(H,22,26). The van der Waals surface area contributed by atoms with Crippen molar-refractivity contribution in [1.29, 1.82) is 0 Å². The summed E-state index contributed by atoms with van der Waals surface area (Å²) in [6.07, 6.45) is 21.3. The van der Waals surface area contributed by atoms with E-state index in [1.807, 2.05) is 90.6 Å². The summed E-state index contributed by atoms with van der Waals surface area (Å²) in [4.78, 5) is 18.6. The zero-order valence-corrected chi connectivity index (χ0v) is 31.4. The first-order valence-electron chi connectivity index (χ1n) is 19.1. The van der Waals surface area contributed by atoms with Crippen LogP contribution >= 0.6 is 0 Å². The van der Waals surface area contributed by atoms with E-state index in [1.54, 1.807) is 28.0 Å². The molecule has 16 nitrogen and oxygen atoms in total. The Bertz CT molecular complexity index is 2360. The smallest absolute Gasteiger partial charge is 0.165 e. The van der Waals surface area contributed by atoms with Crippen molar-refractivity contribution in [3.8, 4) is 22.3 Å². The fraction of sp³-hybridized carbons (Fsp3) is 0.300. The molecule has 8 aromatic rings. The topological polar surface area (TPSA) is 170 Å². The number of hydrogen-bond donors (Lipinski definition) is 4. The van der Waals surface area contributed by atoms with Gasteiger partial charge in [0.2, 0.25) is 0 Å². The molecule has 2 saturated heterocycles. The highest BCUT2D eigenvalue weighted by molar-refractivity contribution is 5.79. The first-order valence-corrected chi connectivity index (χ1v) is 19.1. The number of nitrogens with zero attached hydrogens (tertiary/aromatic N) is 12. The van der Waals surface area contributed by atoms with Crippen LogP contribution in [-0.4, -0.2) is 84.9 Å². The van der Waals surface area contributed by atoms with Gasteiger partial charge in [-0.15, -0.1) is 0 Å². The van der Waals surface area contributed by atoms with Crippen LogP contribution in [0.1, 0.15) is 48.9 Å². The lowest BCUT2D eigenvalue weighted by atomic mass is 9.96. The van der Waals surface area contributed by atoms with E-state index in [0.29, 0.717) is 11.8 Å². The second kappa shape index (κ2) is 15.7. The van der Waals surface area contributed by atoms with Gasteiger partial charge in [-0.05, 0) is 63.0 Å². The summed E-state index contributed by atoms with van der Waals surface area (Å²) in [5.74, 6) is 3.30. The molecule has 0 amide bonds. The van der Waals surface area contributed by atoms with Crippen molar-refractivity contribution >= 4 is 34.4 Å². The number of hydrogen-bond acceptors (Lipinski definition) is 12. The zero-order valence-electron chi connectivity index (χ0n) is 31.4. The SMILES string of the molecule is Cn1cc(-c2cnn3c(Nc4ccccn4)cc(C4CCCNC4)nc23)cn1.Cn1cc(-c2cnn3c(Nc4cccnc4)cc(C4CCCNC4)nc23)cn1. The molecule has 10 heterocycles. The lowest BCUT2D eigenvalue weighted by molar-refractivity contribution is 0.455. The van der Waals surface area contributed by atoms with Gasteiger partial charge in [-0.3, -0.25) is 14.3 Å². The zero-order chi connectivity index (χ0) is 37.8. The lowest BCUT2D eigenvalue weighted by Gasteiger charge is -2.23. The van der Waals surface area contributed by atoms with Gasteiger partial charge >= 0.3 is 0 Å². The Kier molecular flexibility index (Phi) is 9.86. The van der Waals surface area contributed by atoms with Crippen molar-refractivity contribution in [2.75, 3.05) is 36.8 Å². The van der Waals surface area contributed by atoms with Gasteiger partial charge in [0.1, 0.15) is 17.5 Å². The molecule has 0 aromatic carbocycles. The molecule has 10 rings (SSSR count). The van der Waals surface area contributed by atoms with Crippen LogP contribution in [0.2, 0.25) is 0 Å². The summed E-state index contributed by atoms with van der Waals surface area (Å²) in [6, 6.07) is 13.9. The largest absolute Gasteiger partial charge is 0.339 e. The number of nitrogens with one attached hydrogen (secondary N) is 4. The number of fused-ring (bicyclic) bond motifs is 2. The summed E-state index contributed by atoms with van der Waals surface area (Å²) in [5.41, 5.74) is 8.71. The van der Waals surface area contributed by atoms with E-state index in [1.165, 1.54) is 0 Å². The molecule has 2 aliphatic rings. The van der Waals surface area contributed by atoms with Crippen LogP contribution in [0.25, 0.3) is 33.5 Å². The Labute approximate surface area is 323 Å². The van der Waals surface area contributed by atoms with Crippen LogP contribution in [0.4, 0.5) is 23.1 Å². The van der Waals surface area contributed by atoms with Crippen molar-refractivity contribution in [2.45, 2.75) is 37.5 Å². The Hall–Kier alpha value is -6.52. The van der Waals surface area contributed by atoms with E-state index in [0.717, 1.165) is 120 Å². The summed E-state index contributed by atoms with van der Waals surface area (Å²) in [5, 5.41) is 31.6. The molecule has 0 bridgehead atoms. The number of pyridine rings is 2. The van der Waals surface area contributed by atoms with Crippen molar-refractivity contribution in [3.05, 3.63) is 110 Å². The summed E-state index contributed by atoms with van der Waals surface area (Å²) >= 11 is 0. The van der Waals surface area contributed by atoms with Crippen LogP contribution in [0.15, 0.2) is 98.2 Å². The van der Waals surface area contributed by atoms with Gasteiger partial charge in [0.15, 0.2) is 11.3 Å². The predicted molar refractivity (Wildman–Crippen MR) is 215 cm³/mol. The molecule has 4 N–H and O–H groups in total. The third kappa shape index (κ3) is 7.43. The molecule has 8 aromatic heterocycles. The maximum absolute atomic E-state index is 5.01. The van der Waals surface area contributed by atoms with Gasteiger partial charge in [0.05, 0.1) is 48.1 Å². The predicted octanol–water partition coefficient (Wildman–Crippen LogP) is 5.47. The fourth-order valence-corrected chi connectivity index (χ4v) is 7.45. The van der Waals surface area contributed by atoms with Gasteiger partial charge in [-0.1, -0.05) is 6.07 Å². The number of rotatable bonds is 8. The number of aromatic nitrogens is 12. The molecule has 0 radical (unpaired) electrons. The molecule has 2 aliphatic heterocycles. The van der Waals surface area contributed by atoms with Crippen LogP contribution in [0.3, 0.4) is 0 Å². The second-order valence-electron chi connectivity index (χ2n) is 14.3. The van der Waals surface area contributed by atoms with Gasteiger partial charge < -0.3 is 21.3 Å². The number of aryl methyl sites for hydroxylation is 2. The molecular formula is C40H44N16. The Balaban J connectivity index is 0.000000146. The van der Waals surface area contributed by atoms with Crippen LogP contribution in [0, 0.1) is 0 Å². The normalized spacial score (nSPS) is 17.1. The maximum atomic E-state index is 5.01. The molecule has 2 unspecified atom stereocenters. The van der Waals surface area contributed by atoms with Crippen LogP contribution in [-0.2, 0) is 14.1 Å². The van der Waals surface area contributed by atoms with Gasteiger partial charge in [0.25, 0.3) is 0 Å². The molecular weight excluding hydrogens is 705 g/mol. The van der Waals surface area contributed by atoms with E-state index >= 15 is 0 Å². The molecule has 284 valence electrons. The highest BCUT2D eigenvalue weighted by Gasteiger charge is 2.23. The third-order valence-electron chi connectivity index (χ3n) is 10.3.